The van der Waals surface area contributed by atoms with Crippen molar-refractivity contribution in [2.75, 3.05) is 0 Å². The fourth-order valence-electron chi connectivity index (χ4n) is 2.63. The van der Waals surface area contributed by atoms with Crippen molar-refractivity contribution >= 4 is 28.6 Å². The van der Waals surface area contributed by atoms with Gasteiger partial charge in [0.1, 0.15) is 0 Å². The van der Waals surface area contributed by atoms with Gasteiger partial charge in [-0.15, -0.1) is 0 Å². The highest BCUT2D eigenvalue weighted by atomic mass is 16.6. The van der Waals surface area contributed by atoms with E-state index in [0.717, 1.165) is 17.2 Å². The summed E-state index contributed by atoms with van der Waals surface area (Å²) in [5.74, 6) is -1.07. The first-order valence-electron chi connectivity index (χ1n) is 7.27. The van der Waals surface area contributed by atoms with Crippen LogP contribution in [-0.4, -0.2) is 20.6 Å². The Labute approximate surface area is 137 Å². The van der Waals surface area contributed by atoms with Gasteiger partial charge in [-0.25, -0.2) is 4.79 Å². The lowest BCUT2D eigenvalue weighted by Crippen LogP contribution is -1.97. The summed E-state index contributed by atoms with van der Waals surface area (Å²) in [6, 6.07) is 14.4. The Kier molecular flexibility index (Phi) is 4.11. The number of benzene rings is 2. The van der Waals surface area contributed by atoms with Crippen LogP contribution in [-0.2, 0) is 11.3 Å². The molecule has 0 spiro atoms. The van der Waals surface area contributed by atoms with Gasteiger partial charge in [0, 0.05) is 47.4 Å². The van der Waals surface area contributed by atoms with E-state index in [0.29, 0.717) is 17.5 Å². The maximum Gasteiger partial charge on any atom is 0.328 e. The predicted molar refractivity (Wildman–Crippen MR) is 90.8 cm³/mol. The molecule has 1 N–H and O–H groups in total. The summed E-state index contributed by atoms with van der Waals surface area (Å²) in [5, 5.41) is 20.5. The molecule has 1 aromatic heterocycles. The minimum Gasteiger partial charge on any atom is -0.478 e. The molecule has 0 radical (unpaired) electrons. The average Bonchev–Trinajstić information content (AvgIpc) is 2.91. The summed E-state index contributed by atoms with van der Waals surface area (Å²) in [5.41, 5.74) is 2.51. The summed E-state index contributed by atoms with van der Waals surface area (Å²) in [6.45, 7) is 0.593. The Morgan fingerprint density at radius 1 is 1.21 bits per heavy atom. The maximum absolute atomic E-state index is 11.0. The number of aliphatic carboxylic acids is 1. The van der Waals surface area contributed by atoms with Crippen LogP contribution >= 0.6 is 0 Å². The Morgan fingerprint density at radius 2 is 1.96 bits per heavy atom. The third-order valence-corrected chi connectivity index (χ3v) is 3.71. The molecule has 3 rings (SSSR count). The number of non-ortho nitro benzene ring substituents is 1. The zero-order valence-electron chi connectivity index (χ0n) is 12.6. The van der Waals surface area contributed by atoms with Crippen LogP contribution in [0.1, 0.15) is 11.1 Å². The van der Waals surface area contributed by atoms with Crippen LogP contribution < -0.4 is 0 Å². The number of carbonyl (C=O) groups is 1. The van der Waals surface area contributed by atoms with E-state index in [4.69, 9.17) is 5.11 Å². The number of hydrogen-bond acceptors (Lipinski definition) is 3. The molecule has 0 aliphatic carbocycles. The lowest BCUT2D eigenvalue weighted by Gasteiger charge is -2.05. The molecule has 0 fully saturated rings. The highest BCUT2D eigenvalue weighted by Crippen LogP contribution is 2.27. The molecule has 0 amide bonds. The highest BCUT2D eigenvalue weighted by molar-refractivity contribution is 5.94. The number of rotatable bonds is 5. The summed E-state index contributed by atoms with van der Waals surface area (Å²) < 4.78 is 1.95. The van der Waals surface area contributed by atoms with Gasteiger partial charge in [-0.3, -0.25) is 10.1 Å². The van der Waals surface area contributed by atoms with Crippen LogP contribution in [0.15, 0.2) is 60.8 Å². The molecule has 1 heterocycles. The number of fused-ring (bicyclic) bond motifs is 1. The normalized spacial score (nSPS) is 11.2. The lowest BCUT2D eigenvalue weighted by molar-refractivity contribution is -0.384. The van der Waals surface area contributed by atoms with Gasteiger partial charge in [-0.05, 0) is 17.7 Å². The van der Waals surface area contributed by atoms with Crippen molar-refractivity contribution < 1.29 is 14.8 Å². The number of hydrogen-bond donors (Lipinski definition) is 1. The van der Waals surface area contributed by atoms with Crippen LogP contribution in [0.25, 0.3) is 17.0 Å². The van der Waals surface area contributed by atoms with Crippen molar-refractivity contribution in [2.45, 2.75) is 6.54 Å². The molecule has 24 heavy (non-hydrogen) atoms. The van der Waals surface area contributed by atoms with Crippen molar-refractivity contribution in [3.8, 4) is 0 Å². The fourth-order valence-corrected chi connectivity index (χ4v) is 2.63. The van der Waals surface area contributed by atoms with Gasteiger partial charge in [-0.1, -0.05) is 30.3 Å². The van der Waals surface area contributed by atoms with Crippen LogP contribution in [0.4, 0.5) is 5.69 Å². The van der Waals surface area contributed by atoms with Crippen LogP contribution in [0.5, 0.6) is 0 Å². The Morgan fingerprint density at radius 3 is 2.62 bits per heavy atom. The number of nitrogens with zero attached hydrogens (tertiary/aromatic N) is 2. The zero-order valence-corrected chi connectivity index (χ0v) is 12.6. The molecule has 0 aliphatic rings. The smallest absolute Gasteiger partial charge is 0.328 e. The van der Waals surface area contributed by atoms with E-state index < -0.39 is 10.9 Å². The minimum atomic E-state index is -1.07. The van der Waals surface area contributed by atoms with Crippen molar-refractivity contribution in [3.63, 3.8) is 0 Å². The van der Waals surface area contributed by atoms with Gasteiger partial charge in [0.25, 0.3) is 5.69 Å². The molecule has 2 aromatic carbocycles. The summed E-state index contributed by atoms with van der Waals surface area (Å²) in [4.78, 5) is 21.3. The molecule has 0 bridgehead atoms. The number of carboxylic acids is 1. The first-order valence-corrected chi connectivity index (χ1v) is 7.27. The predicted octanol–water partition coefficient (Wildman–Crippen LogP) is 3.70. The molecule has 0 unspecified atom stereocenters. The lowest BCUT2D eigenvalue weighted by atomic mass is 10.1. The average molecular weight is 322 g/mol. The van der Waals surface area contributed by atoms with Crippen LogP contribution in [0.3, 0.4) is 0 Å². The van der Waals surface area contributed by atoms with Crippen LogP contribution in [0, 0.1) is 10.1 Å². The third kappa shape index (κ3) is 3.17. The maximum atomic E-state index is 11.0. The first kappa shape index (κ1) is 15.5. The molecule has 0 aliphatic heterocycles. The topological polar surface area (TPSA) is 85.4 Å². The largest absolute Gasteiger partial charge is 0.478 e. The summed E-state index contributed by atoms with van der Waals surface area (Å²) >= 11 is 0. The second-order valence-electron chi connectivity index (χ2n) is 5.33. The Balaban J connectivity index is 2.12. The molecule has 0 saturated carbocycles. The van der Waals surface area contributed by atoms with Crippen LogP contribution in [0.2, 0.25) is 0 Å². The molecule has 6 nitrogen and oxygen atoms in total. The molecular formula is C18H14N2O4. The van der Waals surface area contributed by atoms with E-state index in [2.05, 4.69) is 0 Å². The van der Waals surface area contributed by atoms with Crippen molar-refractivity contribution in [1.29, 1.82) is 0 Å². The first-order chi connectivity index (χ1) is 11.5. The van der Waals surface area contributed by atoms with Crippen molar-refractivity contribution in [1.82, 2.24) is 4.57 Å². The fraction of sp³-hybridized carbons (Fsp3) is 0.0556. The second kappa shape index (κ2) is 6.37. The number of carboxylic acid groups (broad SMARTS) is 1. The molecule has 0 saturated heterocycles. The quantitative estimate of drug-likeness (QED) is 0.441. The standard InChI is InChI=1S/C18H14N2O4/c21-18(22)9-6-14-12-19(11-13-4-2-1-3-5-13)17-8-7-15(20(23)24)10-16(14)17/h1-10,12H,11H2,(H,21,22)/b9-6+. The minimum absolute atomic E-state index is 0.0232. The van der Waals surface area contributed by atoms with Gasteiger partial charge < -0.3 is 9.67 Å². The van der Waals surface area contributed by atoms with Crippen molar-refractivity contribution in [2.24, 2.45) is 0 Å². The van der Waals surface area contributed by atoms with E-state index in [1.165, 1.54) is 18.2 Å². The van der Waals surface area contributed by atoms with E-state index in [1.807, 2.05) is 34.9 Å². The van der Waals surface area contributed by atoms with E-state index in [9.17, 15) is 14.9 Å². The SMILES string of the molecule is O=C(O)/C=C/c1cn(Cc2ccccc2)c2ccc([N+](=O)[O-])cc12. The van der Waals surface area contributed by atoms with Crippen molar-refractivity contribution in [3.05, 3.63) is 82.0 Å². The van der Waals surface area contributed by atoms with E-state index in [1.54, 1.807) is 12.3 Å². The molecule has 120 valence electrons. The highest BCUT2D eigenvalue weighted by Gasteiger charge is 2.13. The molecule has 0 atom stereocenters. The number of nitro benzene ring substituents is 1. The molecule has 3 aromatic rings. The Hall–Kier alpha value is -3.41. The number of nitro groups is 1. The van der Waals surface area contributed by atoms with Gasteiger partial charge >= 0.3 is 5.97 Å². The van der Waals surface area contributed by atoms with Gasteiger partial charge in [0.15, 0.2) is 0 Å². The van der Waals surface area contributed by atoms with E-state index in [-0.39, 0.29) is 5.69 Å². The van der Waals surface area contributed by atoms with Gasteiger partial charge in [0.2, 0.25) is 0 Å². The summed E-state index contributed by atoms with van der Waals surface area (Å²) in [7, 11) is 0. The molecular weight excluding hydrogens is 308 g/mol. The third-order valence-electron chi connectivity index (χ3n) is 3.71. The monoisotopic (exact) mass is 322 g/mol. The van der Waals surface area contributed by atoms with Gasteiger partial charge in [-0.2, -0.15) is 0 Å². The Bertz CT molecular complexity index is 942. The van der Waals surface area contributed by atoms with Gasteiger partial charge in [0.05, 0.1) is 4.92 Å². The van der Waals surface area contributed by atoms with E-state index >= 15 is 0 Å². The number of aromatic nitrogens is 1. The summed E-state index contributed by atoms with van der Waals surface area (Å²) in [6.07, 6.45) is 4.29. The molecule has 6 heteroatoms. The zero-order chi connectivity index (χ0) is 17.1. The second-order valence-corrected chi connectivity index (χ2v) is 5.33.